The van der Waals surface area contributed by atoms with Crippen LogP contribution in [0.1, 0.15) is 34.5 Å². The van der Waals surface area contributed by atoms with Gasteiger partial charge in [0.25, 0.3) is 5.91 Å². The molecule has 2 amide bonds. The zero-order valence-electron chi connectivity index (χ0n) is 16.3. The zero-order chi connectivity index (χ0) is 20.5. The molecule has 1 atom stereocenters. The SMILES string of the molecule is CCOC(=O)Nc1cccc(C(=O)NC(Cc2ccccc2)c2ccccc2)c1. The molecule has 5 heteroatoms. The molecule has 0 radical (unpaired) electrons. The molecule has 5 nitrogen and oxygen atoms in total. The van der Waals surface area contributed by atoms with Gasteiger partial charge in [0.1, 0.15) is 0 Å². The molecule has 3 aromatic carbocycles. The molecule has 0 aliphatic rings. The van der Waals surface area contributed by atoms with E-state index in [9.17, 15) is 9.59 Å². The number of anilines is 1. The lowest BCUT2D eigenvalue weighted by molar-refractivity contribution is 0.0936. The fourth-order valence-corrected chi connectivity index (χ4v) is 3.05. The highest BCUT2D eigenvalue weighted by Crippen LogP contribution is 2.20. The Morgan fingerprint density at radius 2 is 1.59 bits per heavy atom. The molecule has 0 fully saturated rings. The van der Waals surface area contributed by atoms with E-state index in [1.165, 1.54) is 0 Å². The largest absolute Gasteiger partial charge is 0.450 e. The summed E-state index contributed by atoms with van der Waals surface area (Å²) in [6, 6.07) is 26.6. The third-order valence-electron chi connectivity index (χ3n) is 4.44. The Morgan fingerprint density at radius 3 is 2.28 bits per heavy atom. The average Bonchev–Trinajstić information content (AvgIpc) is 2.75. The van der Waals surface area contributed by atoms with Gasteiger partial charge in [-0.2, -0.15) is 0 Å². The van der Waals surface area contributed by atoms with Crippen molar-refractivity contribution >= 4 is 17.7 Å². The smallest absolute Gasteiger partial charge is 0.411 e. The van der Waals surface area contributed by atoms with Crippen LogP contribution in [-0.2, 0) is 11.2 Å². The van der Waals surface area contributed by atoms with Crippen LogP contribution in [0.4, 0.5) is 10.5 Å². The maximum absolute atomic E-state index is 12.9. The molecule has 29 heavy (non-hydrogen) atoms. The average molecular weight is 388 g/mol. The number of ether oxygens (including phenoxy) is 1. The van der Waals surface area contributed by atoms with E-state index >= 15 is 0 Å². The molecule has 0 saturated carbocycles. The maximum Gasteiger partial charge on any atom is 0.411 e. The highest BCUT2D eigenvalue weighted by molar-refractivity contribution is 5.96. The van der Waals surface area contributed by atoms with Crippen LogP contribution < -0.4 is 10.6 Å². The van der Waals surface area contributed by atoms with E-state index in [-0.39, 0.29) is 18.6 Å². The first-order valence-corrected chi connectivity index (χ1v) is 9.59. The summed E-state index contributed by atoms with van der Waals surface area (Å²) in [5, 5.41) is 5.74. The van der Waals surface area contributed by atoms with Crippen molar-refractivity contribution in [3.8, 4) is 0 Å². The first-order valence-electron chi connectivity index (χ1n) is 9.59. The molecule has 0 aliphatic heterocycles. The molecule has 0 aromatic heterocycles. The van der Waals surface area contributed by atoms with Crippen LogP contribution in [0, 0.1) is 0 Å². The monoisotopic (exact) mass is 388 g/mol. The van der Waals surface area contributed by atoms with Gasteiger partial charge >= 0.3 is 6.09 Å². The van der Waals surface area contributed by atoms with Crippen molar-refractivity contribution in [2.75, 3.05) is 11.9 Å². The van der Waals surface area contributed by atoms with Gasteiger partial charge in [0, 0.05) is 11.3 Å². The summed E-state index contributed by atoms with van der Waals surface area (Å²) in [6.45, 7) is 2.02. The van der Waals surface area contributed by atoms with Crippen molar-refractivity contribution in [1.29, 1.82) is 0 Å². The summed E-state index contributed by atoms with van der Waals surface area (Å²) >= 11 is 0. The number of rotatable bonds is 7. The second-order valence-electron chi connectivity index (χ2n) is 6.55. The predicted molar refractivity (Wildman–Crippen MR) is 114 cm³/mol. The lowest BCUT2D eigenvalue weighted by atomic mass is 9.98. The number of carbonyl (C=O) groups excluding carboxylic acids is 2. The molecule has 3 aromatic rings. The van der Waals surface area contributed by atoms with E-state index in [1.54, 1.807) is 31.2 Å². The molecular formula is C24H24N2O3. The Labute approximate surface area is 170 Å². The minimum Gasteiger partial charge on any atom is -0.450 e. The molecule has 148 valence electrons. The van der Waals surface area contributed by atoms with Crippen LogP contribution in [0.3, 0.4) is 0 Å². The van der Waals surface area contributed by atoms with Gasteiger partial charge in [0.2, 0.25) is 0 Å². The molecule has 3 rings (SSSR count). The molecule has 0 heterocycles. The number of nitrogens with one attached hydrogen (secondary N) is 2. The summed E-state index contributed by atoms with van der Waals surface area (Å²) in [5.41, 5.74) is 3.15. The zero-order valence-corrected chi connectivity index (χ0v) is 16.3. The first-order chi connectivity index (χ1) is 14.2. The summed E-state index contributed by atoms with van der Waals surface area (Å²) < 4.78 is 4.88. The first kappa shape index (κ1) is 20.1. The van der Waals surface area contributed by atoms with Crippen LogP contribution in [0.2, 0.25) is 0 Å². The Balaban J connectivity index is 1.77. The molecule has 0 saturated heterocycles. The van der Waals surface area contributed by atoms with Crippen molar-refractivity contribution in [2.24, 2.45) is 0 Å². The molecule has 0 bridgehead atoms. The number of hydrogen-bond donors (Lipinski definition) is 2. The summed E-state index contributed by atoms with van der Waals surface area (Å²) in [6.07, 6.45) is 0.133. The van der Waals surface area contributed by atoms with Gasteiger partial charge in [-0.3, -0.25) is 10.1 Å². The fraction of sp³-hybridized carbons (Fsp3) is 0.167. The summed E-state index contributed by atoms with van der Waals surface area (Å²) in [5.74, 6) is -0.206. The van der Waals surface area contributed by atoms with Crippen LogP contribution >= 0.6 is 0 Å². The van der Waals surface area contributed by atoms with Gasteiger partial charge in [-0.1, -0.05) is 66.7 Å². The van der Waals surface area contributed by atoms with Crippen LogP contribution in [0.15, 0.2) is 84.9 Å². The summed E-state index contributed by atoms with van der Waals surface area (Å²) in [4.78, 5) is 24.6. The van der Waals surface area contributed by atoms with Crippen molar-refractivity contribution in [1.82, 2.24) is 5.32 Å². The van der Waals surface area contributed by atoms with E-state index in [0.717, 1.165) is 11.1 Å². The van der Waals surface area contributed by atoms with Crippen LogP contribution in [0.25, 0.3) is 0 Å². The van der Waals surface area contributed by atoms with E-state index in [4.69, 9.17) is 4.74 Å². The summed E-state index contributed by atoms with van der Waals surface area (Å²) in [7, 11) is 0. The Morgan fingerprint density at radius 1 is 0.897 bits per heavy atom. The van der Waals surface area contributed by atoms with Crippen LogP contribution in [0.5, 0.6) is 0 Å². The number of hydrogen-bond acceptors (Lipinski definition) is 3. The van der Waals surface area contributed by atoms with Crippen molar-refractivity contribution in [3.63, 3.8) is 0 Å². The maximum atomic E-state index is 12.9. The number of carbonyl (C=O) groups is 2. The van der Waals surface area contributed by atoms with Crippen molar-refractivity contribution in [3.05, 3.63) is 102 Å². The normalized spacial score (nSPS) is 11.3. The topological polar surface area (TPSA) is 67.4 Å². The van der Waals surface area contributed by atoms with Gasteiger partial charge in [0.05, 0.1) is 12.6 Å². The van der Waals surface area contributed by atoms with Crippen molar-refractivity contribution < 1.29 is 14.3 Å². The minimum atomic E-state index is -0.545. The van der Waals surface area contributed by atoms with E-state index < -0.39 is 6.09 Å². The second kappa shape index (κ2) is 10.1. The Kier molecular flexibility index (Phi) is 7.00. The van der Waals surface area contributed by atoms with Gasteiger partial charge in [0.15, 0.2) is 0 Å². The third kappa shape index (κ3) is 5.94. The molecule has 0 spiro atoms. The minimum absolute atomic E-state index is 0.173. The highest BCUT2D eigenvalue weighted by atomic mass is 16.5. The van der Waals surface area contributed by atoms with Gasteiger partial charge in [-0.25, -0.2) is 4.79 Å². The fourth-order valence-electron chi connectivity index (χ4n) is 3.05. The third-order valence-corrected chi connectivity index (χ3v) is 4.44. The lowest BCUT2D eigenvalue weighted by Crippen LogP contribution is -2.30. The second-order valence-corrected chi connectivity index (χ2v) is 6.55. The Hall–Kier alpha value is -3.60. The molecule has 1 unspecified atom stereocenters. The quantitative estimate of drug-likeness (QED) is 0.601. The predicted octanol–water partition coefficient (Wildman–Crippen LogP) is 4.97. The van der Waals surface area contributed by atoms with Gasteiger partial charge in [-0.05, 0) is 42.7 Å². The van der Waals surface area contributed by atoms with E-state index in [2.05, 4.69) is 10.6 Å². The van der Waals surface area contributed by atoms with Crippen LogP contribution in [-0.4, -0.2) is 18.6 Å². The highest BCUT2D eigenvalue weighted by Gasteiger charge is 2.17. The standard InChI is InChI=1S/C24H24N2O3/c1-2-29-24(28)25-21-15-9-14-20(17-21)23(27)26-22(19-12-7-4-8-13-19)16-18-10-5-3-6-11-18/h3-15,17,22H,2,16H2,1H3,(H,25,28)(H,26,27). The van der Waals surface area contributed by atoms with Crippen molar-refractivity contribution in [2.45, 2.75) is 19.4 Å². The van der Waals surface area contributed by atoms with E-state index in [1.807, 2.05) is 60.7 Å². The lowest BCUT2D eigenvalue weighted by Gasteiger charge is -2.20. The molecule has 0 aliphatic carbocycles. The number of benzene rings is 3. The Bertz CT molecular complexity index is 943. The molecule has 2 N–H and O–H groups in total. The van der Waals surface area contributed by atoms with Gasteiger partial charge in [-0.15, -0.1) is 0 Å². The molecular weight excluding hydrogens is 364 g/mol. The van der Waals surface area contributed by atoms with E-state index in [0.29, 0.717) is 17.7 Å². The number of amides is 2. The van der Waals surface area contributed by atoms with Gasteiger partial charge < -0.3 is 10.1 Å².